The van der Waals surface area contributed by atoms with Gasteiger partial charge in [0.25, 0.3) is 5.91 Å². The van der Waals surface area contributed by atoms with Crippen molar-refractivity contribution >= 4 is 5.91 Å². The highest BCUT2D eigenvalue weighted by molar-refractivity contribution is 5.91. The van der Waals surface area contributed by atoms with E-state index in [0.29, 0.717) is 30.2 Å². The van der Waals surface area contributed by atoms with E-state index in [9.17, 15) is 4.79 Å². The summed E-state index contributed by atoms with van der Waals surface area (Å²) in [6.45, 7) is 4.82. The number of piperidine rings is 1. The molecular weight excluding hydrogens is 342 g/mol. The SMILES string of the molecule is CN(CC1NNC2CCCCC21)C(=O)c1cn(CCN2CCCCC2)nn1. The van der Waals surface area contributed by atoms with Crippen LogP contribution in [-0.2, 0) is 6.54 Å². The van der Waals surface area contributed by atoms with E-state index in [1.807, 2.05) is 11.7 Å². The van der Waals surface area contributed by atoms with Crippen molar-refractivity contribution in [1.82, 2.24) is 35.6 Å². The third-order valence-electron chi connectivity index (χ3n) is 6.46. The lowest BCUT2D eigenvalue weighted by Crippen LogP contribution is -2.43. The molecule has 2 aliphatic heterocycles. The number of amides is 1. The van der Waals surface area contributed by atoms with Gasteiger partial charge in [-0.2, -0.15) is 0 Å². The zero-order valence-corrected chi connectivity index (χ0v) is 16.4. The summed E-state index contributed by atoms with van der Waals surface area (Å²) in [5.74, 6) is 0.578. The quantitative estimate of drug-likeness (QED) is 0.768. The minimum Gasteiger partial charge on any atom is -0.339 e. The van der Waals surface area contributed by atoms with Crippen LogP contribution < -0.4 is 10.9 Å². The summed E-state index contributed by atoms with van der Waals surface area (Å²) in [6.07, 6.45) is 10.8. The van der Waals surface area contributed by atoms with Crippen molar-refractivity contribution in [3.63, 3.8) is 0 Å². The lowest BCUT2D eigenvalue weighted by Gasteiger charge is -2.29. The molecule has 1 amide bonds. The number of fused-ring (bicyclic) bond motifs is 1. The molecule has 27 heavy (non-hydrogen) atoms. The van der Waals surface area contributed by atoms with Gasteiger partial charge in [0.15, 0.2) is 5.69 Å². The van der Waals surface area contributed by atoms with Crippen LogP contribution in [0.25, 0.3) is 0 Å². The second kappa shape index (κ2) is 8.67. The molecule has 150 valence electrons. The van der Waals surface area contributed by atoms with E-state index >= 15 is 0 Å². The smallest absolute Gasteiger partial charge is 0.275 e. The molecule has 2 saturated heterocycles. The molecule has 8 heteroatoms. The number of likely N-dealkylation sites (tertiary alicyclic amines) is 1. The van der Waals surface area contributed by atoms with Crippen molar-refractivity contribution in [2.75, 3.05) is 33.2 Å². The van der Waals surface area contributed by atoms with Crippen molar-refractivity contribution in [2.45, 2.75) is 63.6 Å². The molecule has 1 aliphatic carbocycles. The van der Waals surface area contributed by atoms with Crippen molar-refractivity contribution < 1.29 is 4.79 Å². The number of rotatable bonds is 6. The zero-order chi connectivity index (χ0) is 18.6. The van der Waals surface area contributed by atoms with Gasteiger partial charge in [-0.05, 0) is 44.7 Å². The molecule has 3 atom stereocenters. The van der Waals surface area contributed by atoms with E-state index in [-0.39, 0.29) is 5.91 Å². The lowest BCUT2D eigenvalue weighted by atomic mass is 9.81. The highest BCUT2D eigenvalue weighted by Gasteiger charge is 2.38. The molecule has 3 fully saturated rings. The van der Waals surface area contributed by atoms with Gasteiger partial charge in [-0.1, -0.05) is 24.5 Å². The fraction of sp³-hybridized carbons (Fsp3) is 0.842. The average Bonchev–Trinajstić information content (AvgIpc) is 3.34. The number of carbonyl (C=O) groups is 1. The van der Waals surface area contributed by atoms with Gasteiger partial charge < -0.3 is 9.80 Å². The molecular formula is C19H33N7O. The molecule has 3 heterocycles. The summed E-state index contributed by atoms with van der Waals surface area (Å²) in [7, 11) is 1.87. The van der Waals surface area contributed by atoms with Crippen LogP contribution in [-0.4, -0.2) is 76.0 Å². The summed E-state index contributed by atoms with van der Waals surface area (Å²) in [5, 5.41) is 8.29. The largest absolute Gasteiger partial charge is 0.339 e. The molecule has 0 aromatic carbocycles. The first-order valence-electron chi connectivity index (χ1n) is 10.6. The number of nitrogens with one attached hydrogen (secondary N) is 2. The van der Waals surface area contributed by atoms with Crippen LogP contribution in [0.3, 0.4) is 0 Å². The van der Waals surface area contributed by atoms with E-state index in [2.05, 4.69) is 26.1 Å². The monoisotopic (exact) mass is 375 g/mol. The van der Waals surface area contributed by atoms with Gasteiger partial charge in [0.1, 0.15) is 0 Å². The van der Waals surface area contributed by atoms with E-state index in [1.165, 1.54) is 58.0 Å². The Balaban J connectivity index is 1.28. The van der Waals surface area contributed by atoms with Crippen LogP contribution in [0.4, 0.5) is 0 Å². The van der Waals surface area contributed by atoms with E-state index in [4.69, 9.17) is 0 Å². The van der Waals surface area contributed by atoms with Crippen LogP contribution in [0, 0.1) is 5.92 Å². The van der Waals surface area contributed by atoms with Gasteiger partial charge in [-0.15, -0.1) is 5.10 Å². The number of hydrazine groups is 1. The van der Waals surface area contributed by atoms with Gasteiger partial charge in [0.2, 0.25) is 0 Å². The summed E-state index contributed by atoms with van der Waals surface area (Å²) >= 11 is 0. The first kappa shape index (κ1) is 18.8. The highest BCUT2D eigenvalue weighted by Crippen LogP contribution is 2.30. The Kier molecular flexibility index (Phi) is 6.04. The highest BCUT2D eigenvalue weighted by atomic mass is 16.2. The van der Waals surface area contributed by atoms with Crippen molar-refractivity contribution in [3.8, 4) is 0 Å². The molecule has 1 aromatic rings. The molecule has 0 spiro atoms. The molecule has 4 rings (SSSR count). The summed E-state index contributed by atoms with van der Waals surface area (Å²) < 4.78 is 1.81. The van der Waals surface area contributed by atoms with Gasteiger partial charge in [-0.3, -0.25) is 20.3 Å². The molecule has 1 aromatic heterocycles. The van der Waals surface area contributed by atoms with E-state index < -0.39 is 0 Å². The van der Waals surface area contributed by atoms with E-state index in [0.717, 1.165) is 13.1 Å². The summed E-state index contributed by atoms with van der Waals surface area (Å²) in [4.78, 5) is 17.0. The molecule has 8 nitrogen and oxygen atoms in total. The fourth-order valence-electron chi connectivity index (χ4n) is 4.83. The topological polar surface area (TPSA) is 78.3 Å². The maximum Gasteiger partial charge on any atom is 0.275 e. The van der Waals surface area contributed by atoms with Gasteiger partial charge in [-0.25, -0.2) is 0 Å². The van der Waals surface area contributed by atoms with Gasteiger partial charge >= 0.3 is 0 Å². The Morgan fingerprint density at radius 2 is 1.96 bits per heavy atom. The minimum atomic E-state index is -0.0414. The predicted molar refractivity (Wildman–Crippen MR) is 103 cm³/mol. The number of hydrogen-bond donors (Lipinski definition) is 2. The number of nitrogens with zero attached hydrogens (tertiary/aromatic N) is 5. The first-order chi connectivity index (χ1) is 13.2. The number of aromatic nitrogens is 3. The third kappa shape index (κ3) is 4.50. The maximum absolute atomic E-state index is 12.8. The van der Waals surface area contributed by atoms with Crippen molar-refractivity contribution in [2.24, 2.45) is 5.92 Å². The third-order valence-corrected chi connectivity index (χ3v) is 6.46. The van der Waals surface area contributed by atoms with Crippen LogP contribution in [0.15, 0.2) is 6.20 Å². The molecule has 0 bridgehead atoms. The van der Waals surface area contributed by atoms with Crippen molar-refractivity contribution in [3.05, 3.63) is 11.9 Å². The Hall–Kier alpha value is -1.51. The van der Waals surface area contributed by atoms with Gasteiger partial charge in [0, 0.05) is 32.2 Å². The molecule has 2 N–H and O–H groups in total. The van der Waals surface area contributed by atoms with Crippen molar-refractivity contribution in [1.29, 1.82) is 0 Å². The minimum absolute atomic E-state index is 0.0414. The fourth-order valence-corrected chi connectivity index (χ4v) is 4.83. The van der Waals surface area contributed by atoms with E-state index in [1.54, 1.807) is 11.1 Å². The second-order valence-corrected chi connectivity index (χ2v) is 8.40. The Bertz CT molecular complexity index is 627. The van der Waals surface area contributed by atoms with Crippen LogP contribution >= 0.6 is 0 Å². The molecule has 1 saturated carbocycles. The van der Waals surface area contributed by atoms with Gasteiger partial charge in [0.05, 0.1) is 12.7 Å². The normalized spacial score (nSPS) is 28.9. The summed E-state index contributed by atoms with van der Waals surface area (Å²) in [6, 6.07) is 0.876. The molecule has 3 unspecified atom stereocenters. The Morgan fingerprint density at radius 1 is 1.15 bits per heavy atom. The average molecular weight is 376 g/mol. The zero-order valence-electron chi connectivity index (χ0n) is 16.4. The first-order valence-corrected chi connectivity index (χ1v) is 10.6. The molecule has 0 radical (unpaired) electrons. The van der Waals surface area contributed by atoms with Crippen LogP contribution in [0.1, 0.15) is 55.4 Å². The number of likely N-dealkylation sites (N-methyl/N-ethyl adjacent to an activating group) is 1. The van der Waals surface area contributed by atoms with Crippen LogP contribution in [0.2, 0.25) is 0 Å². The predicted octanol–water partition coefficient (Wildman–Crippen LogP) is 0.871. The summed E-state index contributed by atoms with van der Waals surface area (Å²) in [5.41, 5.74) is 7.27. The number of hydrogen-bond acceptors (Lipinski definition) is 6. The van der Waals surface area contributed by atoms with Crippen LogP contribution in [0.5, 0.6) is 0 Å². The number of carbonyl (C=O) groups excluding carboxylic acids is 1. The standard InChI is InChI=1S/C19H33N7O/c1-24(13-17-15-7-3-4-8-16(15)20-21-17)19(27)18-14-26(23-22-18)12-11-25-9-5-2-6-10-25/h14-17,20-21H,2-13H2,1H3. The molecule has 3 aliphatic rings. The Morgan fingerprint density at radius 3 is 2.81 bits per heavy atom. The second-order valence-electron chi connectivity index (χ2n) is 8.40. The maximum atomic E-state index is 12.8. The lowest BCUT2D eigenvalue weighted by molar-refractivity contribution is 0.0766. The Labute approximate surface area is 161 Å².